The van der Waals surface area contributed by atoms with Gasteiger partial charge >= 0.3 is 0 Å². The Bertz CT molecular complexity index is 1440. The summed E-state index contributed by atoms with van der Waals surface area (Å²) in [5.74, 6) is 1.59. The molecule has 12 heteroatoms. The Morgan fingerprint density at radius 3 is 2.53 bits per heavy atom. The fourth-order valence-corrected chi connectivity index (χ4v) is 5.88. The first-order valence-corrected chi connectivity index (χ1v) is 13.1. The van der Waals surface area contributed by atoms with Gasteiger partial charge in [0.05, 0.1) is 50.0 Å². The van der Waals surface area contributed by atoms with Gasteiger partial charge in [0, 0.05) is 41.3 Å². The van der Waals surface area contributed by atoms with Gasteiger partial charge in [-0.3, -0.25) is 10.1 Å². The number of halogens is 2. The fourth-order valence-electron chi connectivity index (χ4n) is 3.67. The molecule has 34 heavy (non-hydrogen) atoms. The molecule has 4 heterocycles. The first kappa shape index (κ1) is 23.0. The summed E-state index contributed by atoms with van der Waals surface area (Å²) in [6, 6.07) is 5.60. The van der Waals surface area contributed by atoms with Crippen molar-refractivity contribution in [3.63, 3.8) is 0 Å². The zero-order valence-electron chi connectivity index (χ0n) is 18.1. The molecule has 1 aliphatic heterocycles. The van der Waals surface area contributed by atoms with Crippen molar-refractivity contribution in [2.45, 2.75) is 13.0 Å². The summed E-state index contributed by atoms with van der Waals surface area (Å²) in [6.45, 7) is 2.73. The molecule has 3 aromatic heterocycles. The molecule has 1 aliphatic rings. The first-order valence-electron chi connectivity index (χ1n) is 10.5. The van der Waals surface area contributed by atoms with Crippen molar-refractivity contribution in [2.75, 3.05) is 24.7 Å². The van der Waals surface area contributed by atoms with Crippen molar-refractivity contribution >= 4 is 49.8 Å². The molecule has 4 aromatic rings. The van der Waals surface area contributed by atoms with Gasteiger partial charge in [0.15, 0.2) is 0 Å². The zero-order chi connectivity index (χ0) is 23.7. The third kappa shape index (κ3) is 4.72. The lowest BCUT2D eigenvalue weighted by Crippen LogP contribution is -2.25. The second kappa shape index (κ2) is 9.46. The van der Waals surface area contributed by atoms with E-state index in [-0.39, 0.29) is 5.95 Å². The summed E-state index contributed by atoms with van der Waals surface area (Å²) in [7, 11) is -2.38. The minimum atomic E-state index is -2.38. The number of pyridine rings is 1. The van der Waals surface area contributed by atoms with E-state index in [0.717, 1.165) is 10.9 Å². The van der Waals surface area contributed by atoms with Gasteiger partial charge in [0.25, 0.3) is 5.95 Å². The van der Waals surface area contributed by atoms with E-state index in [1.54, 1.807) is 12.4 Å². The number of aromatic amines is 1. The number of hydrogen-bond donors (Lipinski definition) is 1. The van der Waals surface area contributed by atoms with Crippen LogP contribution in [0.4, 0.5) is 5.95 Å². The number of rotatable bonds is 5. The maximum atomic E-state index is 12.8. The summed E-state index contributed by atoms with van der Waals surface area (Å²) in [5.41, 5.74) is 2.85. The van der Waals surface area contributed by atoms with Crippen LogP contribution in [0.15, 0.2) is 47.3 Å². The molecule has 5 rings (SSSR count). The lowest BCUT2D eigenvalue weighted by molar-refractivity contribution is 0.158. The summed E-state index contributed by atoms with van der Waals surface area (Å²) >= 11 is 12.5. The molecule has 176 valence electrons. The van der Waals surface area contributed by atoms with E-state index in [4.69, 9.17) is 32.7 Å². The molecule has 0 bridgehead atoms. The maximum Gasteiger partial charge on any atom is 0.257 e. The lowest BCUT2D eigenvalue weighted by atomic mass is 10.1. The molecule has 1 atom stereocenters. The molecule has 1 aromatic carbocycles. The quantitative estimate of drug-likeness (QED) is 0.395. The van der Waals surface area contributed by atoms with Crippen molar-refractivity contribution in [1.29, 1.82) is 0 Å². The van der Waals surface area contributed by atoms with Crippen LogP contribution in [-0.2, 0) is 14.5 Å². The van der Waals surface area contributed by atoms with Gasteiger partial charge < -0.3 is 9.47 Å². The first-order chi connectivity index (χ1) is 16.4. The van der Waals surface area contributed by atoms with Crippen molar-refractivity contribution in [1.82, 2.24) is 25.1 Å². The minimum absolute atomic E-state index is 0.194. The third-order valence-electron chi connectivity index (χ3n) is 5.40. The highest BCUT2D eigenvalue weighted by Crippen LogP contribution is 2.34. The molecule has 0 aliphatic carbocycles. The lowest BCUT2D eigenvalue weighted by Gasteiger charge is -2.17. The van der Waals surface area contributed by atoms with Crippen LogP contribution in [0.5, 0.6) is 5.75 Å². The largest absolute Gasteiger partial charge is 0.486 e. The van der Waals surface area contributed by atoms with Crippen LogP contribution in [0.25, 0.3) is 22.2 Å². The summed E-state index contributed by atoms with van der Waals surface area (Å²) in [5, 5.41) is 9.14. The normalized spacial score (nSPS) is 16.3. The SMILES string of the molecule is C[C@@H](Oc1ccc2[nH]nc(-c3cnc(N=S4(=O)CCOCC4)nc3)c2c1)c1c(Cl)cncc1Cl. The van der Waals surface area contributed by atoms with Gasteiger partial charge in [-0.1, -0.05) is 23.2 Å². The number of fused-ring (bicyclic) bond motifs is 1. The van der Waals surface area contributed by atoms with Crippen LogP contribution in [0.2, 0.25) is 10.0 Å². The van der Waals surface area contributed by atoms with Gasteiger partial charge in [0.1, 0.15) is 17.5 Å². The van der Waals surface area contributed by atoms with Crippen molar-refractivity contribution in [3.8, 4) is 17.0 Å². The topological polar surface area (TPSA) is 115 Å². The average Bonchev–Trinajstić information content (AvgIpc) is 3.23. The van der Waals surface area contributed by atoms with Crippen molar-refractivity contribution < 1.29 is 13.7 Å². The number of aromatic nitrogens is 5. The monoisotopic (exact) mass is 518 g/mol. The number of ether oxygens (including phenoxy) is 2. The van der Waals surface area contributed by atoms with Crippen LogP contribution in [0.3, 0.4) is 0 Å². The van der Waals surface area contributed by atoms with Gasteiger partial charge in [-0.2, -0.15) is 9.46 Å². The Kier molecular flexibility index (Phi) is 6.39. The summed E-state index contributed by atoms with van der Waals surface area (Å²) in [6.07, 6.45) is 5.92. The molecule has 0 radical (unpaired) electrons. The summed E-state index contributed by atoms with van der Waals surface area (Å²) in [4.78, 5) is 12.6. The molecule has 0 unspecified atom stereocenters. The number of nitrogens with zero attached hydrogens (tertiary/aromatic N) is 5. The molecule has 1 saturated heterocycles. The molecule has 1 N–H and O–H groups in total. The number of hydrogen-bond acceptors (Lipinski definition) is 8. The number of H-pyrrole nitrogens is 1. The van der Waals surface area contributed by atoms with Crippen LogP contribution < -0.4 is 4.74 Å². The molecular formula is C22H20Cl2N6O3S. The Morgan fingerprint density at radius 2 is 1.82 bits per heavy atom. The van der Waals surface area contributed by atoms with Gasteiger partial charge in [-0.15, -0.1) is 0 Å². The number of nitrogens with one attached hydrogen (secondary N) is 1. The van der Waals surface area contributed by atoms with E-state index >= 15 is 0 Å². The maximum absolute atomic E-state index is 12.8. The van der Waals surface area contributed by atoms with Crippen molar-refractivity contribution in [2.24, 2.45) is 4.36 Å². The Labute approximate surface area is 206 Å². The predicted molar refractivity (Wildman–Crippen MR) is 131 cm³/mol. The second-order valence-corrected chi connectivity index (χ2v) is 11.1. The van der Waals surface area contributed by atoms with Crippen LogP contribution in [0, 0.1) is 0 Å². The van der Waals surface area contributed by atoms with E-state index in [1.807, 2.05) is 25.1 Å². The highest BCUT2D eigenvalue weighted by atomic mass is 35.5. The fraction of sp³-hybridized carbons (Fsp3) is 0.273. The molecule has 0 saturated carbocycles. The van der Waals surface area contributed by atoms with Crippen LogP contribution in [-0.4, -0.2) is 54.1 Å². The minimum Gasteiger partial charge on any atom is -0.486 e. The standard InChI is InChI=1S/C22H20Cl2N6O3S/c1-13(20-17(23)11-25-12-18(20)24)33-15-2-3-19-16(8-15)21(29-28-19)14-9-26-22(27-10-14)30-34(31)6-4-32-5-7-34/h2-3,8-13H,4-7H2,1H3,(H,28,29)/t13-/m1/s1. The molecule has 1 fully saturated rings. The highest BCUT2D eigenvalue weighted by molar-refractivity contribution is 7.93. The Balaban J connectivity index is 1.42. The van der Waals surface area contributed by atoms with Crippen LogP contribution >= 0.6 is 23.2 Å². The number of benzene rings is 1. The van der Waals surface area contributed by atoms with E-state index < -0.39 is 15.8 Å². The van der Waals surface area contributed by atoms with Crippen LogP contribution in [0.1, 0.15) is 18.6 Å². The molecule has 0 amide bonds. The van der Waals surface area contributed by atoms with Gasteiger partial charge in [-0.05, 0) is 25.1 Å². The zero-order valence-corrected chi connectivity index (χ0v) is 20.4. The highest BCUT2D eigenvalue weighted by Gasteiger charge is 2.18. The smallest absolute Gasteiger partial charge is 0.257 e. The van der Waals surface area contributed by atoms with E-state index in [1.165, 1.54) is 12.4 Å². The molecular weight excluding hydrogens is 499 g/mol. The summed E-state index contributed by atoms with van der Waals surface area (Å²) < 4.78 is 28.4. The molecule has 9 nitrogen and oxygen atoms in total. The Hall–Kier alpha value is -2.79. The Morgan fingerprint density at radius 1 is 1.12 bits per heavy atom. The second-order valence-electron chi connectivity index (χ2n) is 7.71. The average molecular weight is 519 g/mol. The van der Waals surface area contributed by atoms with E-state index in [9.17, 15) is 4.21 Å². The van der Waals surface area contributed by atoms with E-state index in [0.29, 0.717) is 57.3 Å². The van der Waals surface area contributed by atoms with Crippen molar-refractivity contribution in [3.05, 3.63) is 58.6 Å². The predicted octanol–water partition coefficient (Wildman–Crippen LogP) is 4.99. The van der Waals surface area contributed by atoms with Gasteiger partial charge in [0.2, 0.25) is 0 Å². The van der Waals surface area contributed by atoms with Gasteiger partial charge in [-0.25, -0.2) is 14.2 Å². The molecule has 0 spiro atoms. The third-order valence-corrected chi connectivity index (χ3v) is 8.10. The van der Waals surface area contributed by atoms with E-state index in [2.05, 4.69) is 29.5 Å².